The maximum absolute atomic E-state index is 5.95. The third-order valence-corrected chi connectivity index (χ3v) is 5.07. The van der Waals surface area contributed by atoms with Gasteiger partial charge in [0, 0.05) is 6.42 Å². The third-order valence-electron chi connectivity index (χ3n) is 5.07. The quantitative estimate of drug-likeness (QED) is 0.543. The predicted molar refractivity (Wildman–Crippen MR) is 101 cm³/mol. The lowest BCUT2D eigenvalue weighted by Crippen LogP contribution is -1.91. The number of rotatable bonds is 2. The van der Waals surface area contributed by atoms with Gasteiger partial charge in [0.2, 0.25) is 0 Å². The van der Waals surface area contributed by atoms with Crippen LogP contribution in [0.3, 0.4) is 0 Å². The molecule has 1 heterocycles. The molecule has 0 fully saturated rings. The van der Waals surface area contributed by atoms with E-state index >= 15 is 0 Å². The Hall–Kier alpha value is -2.54. The standard InChI is InChI=1S/C23H22O/c1-14-5-8-18(9-6-14)23-15(2)7-10-19-12-20(13-21(19)23)22-11-16(3)17(4)24-22/h5-11,13H,12H2,1-4H3. The average Bonchev–Trinajstić information content (AvgIpc) is 3.12. The van der Waals surface area contributed by atoms with Gasteiger partial charge < -0.3 is 4.42 Å². The third kappa shape index (κ3) is 2.41. The number of hydrogen-bond acceptors (Lipinski definition) is 1. The van der Waals surface area contributed by atoms with Crippen molar-refractivity contribution in [2.24, 2.45) is 0 Å². The summed E-state index contributed by atoms with van der Waals surface area (Å²) in [6, 6.07) is 15.5. The van der Waals surface area contributed by atoms with Gasteiger partial charge in [-0.15, -0.1) is 0 Å². The highest BCUT2D eigenvalue weighted by molar-refractivity contribution is 5.94. The fourth-order valence-electron chi connectivity index (χ4n) is 3.51. The smallest absolute Gasteiger partial charge is 0.130 e. The fraction of sp³-hybridized carbons (Fsp3) is 0.217. The molecule has 0 atom stereocenters. The largest absolute Gasteiger partial charge is 0.461 e. The van der Waals surface area contributed by atoms with Crippen molar-refractivity contribution < 1.29 is 4.42 Å². The second-order valence-corrected chi connectivity index (χ2v) is 6.89. The van der Waals surface area contributed by atoms with E-state index in [1.165, 1.54) is 44.5 Å². The number of aryl methyl sites for hydroxylation is 4. The van der Waals surface area contributed by atoms with Gasteiger partial charge in [-0.3, -0.25) is 0 Å². The lowest BCUT2D eigenvalue weighted by Gasteiger charge is -2.12. The van der Waals surface area contributed by atoms with Crippen molar-refractivity contribution in [3.05, 3.63) is 81.8 Å². The van der Waals surface area contributed by atoms with Crippen molar-refractivity contribution in [1.29, 1.82) is 0 Å². The van der Waals surface area contributed by atoms with Crippen molar-refractivity contribution >= 4 is 11.6 Å². The molecule has 1 aliphatic rings. The molecule has 120 valence electrons. The summed E-state index contributed by atoms with van der Waals surface area (Å²) in [6.45, 7) is 8.46. The molecule has 4 rings (SSSR count). The summed E-state index contributed by atoms with van der Waals surface area (Å²) in [5.41, 5.74) is 10.5. The van der Waals surface area contributed by atoms with Gasteiger partial charge in [0.15, 0.2) is 0 Å². The number of hydrogen-bond donors (Lipinski definition) is 0. The van der Waals surface area contributed by atoms with Crippen LogP contribution in [0.5, 0.6) is 0 Å². The van der Waals surface area contributed by atoms with Crippen LogP contribution < -0.4 is 0 Å². The number of fused-ring (bicyclic) bond motifs is 1. The monoisotopic (exact) mass is 314 g/mol. The second kappa shape index (κ2) is 5.52. The molecule has 0 N–H and O–H groups in total. The van der Waals surface area contributed by atoms with Crippen LogP contribution in [0, 0.1) is 27.7 Å². The minimum absolute atomic E-state index is 0.945. The molecule has 3 aromatic rings. The summed E-state index contributed by atoms with van der Waals surface area (Å²) in [7, 11) is 0. The Bertz CT molecular complexity index is 933. The van der Waals surface area contributed by atoms with Crippen LogP contribution in [0.25, 0.3) is 22.8 Å². The van der Waals surface area contributed by atoms with Crippen molar-refractivity contribution in [1.82, 2.24) is 0 Å². The van der Waals surface area contributed by atoms with Crippen LogP contribution in [0.4, 0.5) is 0 Å². The highest BCUT2D eigenvalue weighted by atomic mass is 16.3. The molecule has 0 unspecified atom stereocenters. The highest BCUT2D eigenvalue weighted by Gasteiger charge is 2.21. The average molecular weight is 314 g/mol. The molecule has 24 heavy (non-hydrogen) atoms. The number of allylic oxidation sites excluding steroid dienone is 1. The highest BCUT2D eigenvalue weighted by Crippen LogP contribution is 2.40. The van der Waals surface area contributed by atoms with Gasteiger partial charge in [-0.1, -0.05) is 42.0 Å². The Balaban J connectivity index is 1.85. The van der Waals surface area contributed by atoms with Gasteiger partial charge in [-0.25, -0.2) is 0 Å². The number of furan rings is 1. The lowest BCUT2D eigenvalue weighted by molar-refractivity contribution is 0.518. The molecule has 2 aromatic carbocycles. The first-order valence-electron chi connectivity index (χ1n) is 8.50. The molecule has 0 saturated carbocycles. The second-order valence-electron chi connectivity index (χ2n) is 6.89. The van der Waals surface area contributed by atoms with Gasteiger partial charge in [0.25, 0.3) is 0 Å². The lowest BCUT2D eigenvalue weighted by atomic mass is 9.92. The minimum Gasteiger partial charge on any atom is -0.461 e. The van der Waals surface area contributed by atoms with E-state index in [1.807, 2.05) is 6.92 Å². The van der Waals surface area contributed by atoms with Crippen LogP contribution in [-0.4, -0.2) is 0 Å². The number of benzene rings is 2. The van der Waals surface area contributed by atoms with Crippen LogP contribution >= 0.6 is 0 Å². The molecule has 0 bridgehead atoms. The van der Waals surface area contributed by atoms with E-state index in [1.54, 1.807) is 0 Å². The van der Waals surface area contributed by atoms with Crippen molar-refractivity contribution in [3.63, 3.8) is 0 Å². The van der Waals surface area contributed by atoms with Crippen LogP contribution in [-0.2, 0) is 6.42 Å². The topological polar surface area (TPSA) is 13.1 Å². The van der Waals surface area contributed by atoms with Gasteiger partial charge in [-0.2, -0.15) is 0 Å². The van der Waals surface area contributed by atoms with Gasteiger partial charge in [0.1, 0.15) is 11.5 Å². The molecular weight excluding hydrogens is 292 g/mol. The molecule has 0 spiro atoms. The molecule has 0 radical (unpaired) electrons. The summed E-state index contributed by atoms with van der Waals surface area (Å²) in [5, 5.41) is 0. The normalized spacial score (nSPS) is 13.1. The molecular formula is C23H22O. The van der Waals surface area contributed by atoms with E-state index in [2.05, 4.69) is 69.3 Å². The molecule has 0 saturated heterocycles. The maximum Gasteiger partial charge on any atom is 0.130 e. The van der Waals surface area contributed by atoms with Crippen molar-refractivity contribution in [2.45, 2.75) is 34.1 Å². The molecule has 1 nitrogen and oxygen atoms in total. The molecule has 1 aliphatic carbocycles. The molecule has 1 aromatic heterocycles. The van der Waals surface area contributed by atoms with Crippen molar-refractivity contribution in [2.75, 3.05) is 0 Å². The predicted octanol–water partition coefficient (Wildman–Crippen LogP) is 6.28. The summed E-state index contributed by atoms with van der Waals surface area (Å²) in [4.78, 5) is 0. The zero-order chi connectivity index (χ0) is 16.8. The van der Waals surface area contributed by atoms with E-state index in [0.717, 1.165) is 17.9 Å². The molecule has 0 amide bonds. The van der Waals surface area contributed by atoms with E-state index < -0.39 is 0 Å². The van der Waals surface area contributed by atoms with Crippen molar-refractivity contribution in [3.8, 4) is 11.1 Å². The first-order valence-corrected chi connectivity index (χ1v) is 8.50. The summed E-state index contributed by atoms with van der Waals surface area (Å²) in [5.74, 6) is 2.02. The van der Waals surface area contributed by atoms with Crippen LogP contribution in [0.15, 0.2) is 46.9 Å². The van der Waals surface area contributed by atoms with Gasteiger partial charge in [0.05, 0.1) is 0 Å². The van der Waals surface area contributed by atoms with E-state index in [0.29, 0.717) is 0 Å². The van der Waals surface area contributed by atoms with E-state index in [4.69, 9.17) is 4.42 Å². The van der Waals surface area contributed by atoms with Crippen LogP contribution in [0.2, 0.25) is 0 Å². The van der Waals surface area contributed by atoms with Crippen LogP contribution in [0.1, 0.15) is 39.3 Å². The minimum atomic E-state index is 0.945. The maximum atomic E-state index is 5.95. The molecule has 0 aliphatic heterocycles. The molecule has 1 heteroatoms. The van der Waals surface area contributed by atoms with E-state index in [-0.39, 0.29) is 0 Å². The van der Waals surface area contributed by atoms with Gasteiger partial charge >= 0.3 is 0 Å². The summed E-state index contributed by atoms with van der Waals surface area (Å²) in [6.07, 6.45) is 3.26. The first-order chi connectivity index (χ1) is 11.5. The SMILES string of the molecule is Cc1ccc(-c2c(C)ccc3c2C=C(c2cc(C)c(C)o2)C3)cc1. The zero-order valence-electron chi connectivity index (χ0n) is 14.7. The Labute approximate surface area is 143 Å². The Morgan fingerprint density at radius 2 is 1.58 bits per heavy atom. The summed E-state index contributed by atoms with van der Waals surface area (Å²) >= 11 is 0. The summed E-state index contributed by atoms with van der Waals surface area (Å²) < 4.78 is 5.95. The Morgan fingerprint density at radius 1 is 0.833 bits per heavy atom. The Morgan fingerprint density at radius 3 is 2.25 bits per heavy atom. The fourth-order valence-corrected chi connectivity index (χ4v) is 3.51. The van der Waals surface area contributed by atoms with Gasteiger partial charge in [-0.05, 0) is 78.8 Å². The Kier molecular flexibility index (Phi) is 3.45. The first kappa shape index (κ1) is 15.0. The zero-order valence-corrected chi connectivity index (χ0v) is 14.7. The van der Waals surface area contributed by atoms with E-state index in [9.17, 15) is 0 Å².